The van der Waals surface area contributed by atoms with E-state index < -0.39 is 0 Å². The number of hydrogen-bond donors (Lipinski definition) is 0. The van der Waals surface area contributed by atoms with Crippen LogP contribution in [0, 0.1) is 0 Å². The van der Waals surface area contributed by atoms with Crippen LogP contribution < -0.4 is 0 Å². The summed E-state index contributed by atoms with van der Waals surface area (Å²) in [5, 5.41) is 0. The van der Waals surface area contributed by atoms with E-state index in [-0.39, 0.29) is 7.83 Å². The fraction of sp³-hybridized carbons (Fsp3) is 1.00. The molecule has 4 heteroatoms. The minimum absolute atomic E-state index is 0.196. The van der Waals surface area contributed by atoms with Gasteiger partial charge in [0.1, 0.15) is 0 Å². The van der Waals surface area contributed by atoms with E-state index in [1.54, 1.807) is 0 Å². The maximum Gasteiger partial charge on any atom is 0.0465 e. The maximum absolute atomic E-state index is 5.67. The molecule has 0 aliphatic carbocycles. The average molecular weight is 176 g/mol. The molecule has 54 valence electrons. The van der Waals surface area contributed by atoms with Gasteiger partial charge < -0.3 is 4.74 Å². The summed E-state index contributed by atoms with van der Waals surface area (Å²) in [6.45, 7) is 1.07. The van der Waals surface area contributed by atoms with Gasteiger partial charge in [0.05, 0.1) is 0 Å². The van der Waals surface area contributed by atoms with Gasteiger partial charge in [-0.2, -0.15) is 0 Å². The molecule has 1 aliphatic heterocycles. The second-order valence-corrected chi connectivity index (χ2v) is 24.2. The highest BCUT2D eigenvalue weighted by atomic mass is 29.5. The molecule has 1 fully saturated rings. The summed E-state index contributed by atoms with van der Waals surface area (Å²) in [6, 6.07) is 0. The molecule has 1 aliphatic rings. The third-order valence-corrected chi connectivity index (χ3v) is 8.43. The summed E-state index contributed by atoms with van der Waals surface area (Å²) in [7, 11) is 2.77. The summed E-state index contributed by atoms with van der Waals surface area (Å²) in [5.74, 6) is 0. The van der Waals surface area contributed by atoms with Crippen LogP contribution in [0.2, 0.25) is 0 Å². The molecule has 1 rings (SSSR count). The van der Waals surface area contributed by atoms with Crippen molar-refractivity contribution in [2.24, 2.45) is 0 Å². The van der Waals surface area contributed by atoms with Crippen molar-refractivity contribution in [3.8, 4) is 0 Å². The van der Waals surface area contributed by atoms with Crippen LogP contribution in [-0.4, -0.2) is 39.7 Å². The van der Waals surface area contributed by atoms with Crippen LogP contribution in [-0.2, 0) is 4.74 Å². The maximum atomic E-state index is 5.67. The second kappa shape index (κ2) is 3.70. The van der Waals surface area contributed by atoms with E-state index in [0.717, 1.165) is 12.3 Å². The molecular weight excluding hydrogens is 160 g/mol. The Hall–Kier alpha value is 0.611. The molecule has 0 amide bonds. The van der Waals surface area contributed by atoms with Gasteiger partial charge >= 0.3 is 0 Å². The molecule has 1 heterocycles. The largest absolute Gasteiger partial charge is 0.383 e. The quantitative estimate of drug-likeness (QED) is 0.422. The Morgan fingerprint density at radius 3 is 2.44 bits per heavy atom. The molecule has 9 heavy (non-hydrogen) atoms. The highest BCUT2D eigenvalue weighted by Crippen LogP contribution is 2.12. The van der Waals surface area contributed by atoms with Gasteiger partial charge in [-0.1, -0.05) is 0 Å². The van der Waals surface area contributed by atoms with Gasteiger partial charge in [0.2, 0.25) is 0 Å². The Bertz CT molecular complexity index is 80.3. The molecular formula is C5H16OSi3. The first kappa shape index (κ1) is 7.71. The van der Waals surface area contributed by atoms with Crippen molar-refractivity contribution >= 4 is 27.4 Å². The highest BCUT2D eigenvalue weighted by molar-refractivity contribution is 7.29. The number of rotatable bonds is 1. The molecule has 0 aromatic carbocycles. The normalized spacial score (nSPS) is 32.7. The Balaban J connectivity index is 2.23. The molecule has 0 aromatic rings. The van der Waals surface area contributed by atoms with Crippen LogP contribution in [0.4, 0.5) is 0 Å². The van der Waals surface area contributed by atoms with E-state index in [1.165, 1.54) is 38.8 Å². The fourth-order valence-corrected chi connectivity index (χ4v) is 5.87. The zero-order valence-electron chi connectivity index (χ0n) is 6.39. The predicted molar refractivity (Wildman–Crippen MR) is 50.6 cm³/mol. The molecule has 0 aromatic heterocycles. The lowest BCUT2D eigenvalue weighted by atomic mass is 10.2. The number of hydrogen-bond acceptors (Lipinski definition) is 1. The summed E-state index contributed by atoms with van der Waals surface area (Å²) in [6.07, 6.45) is 4.17. The Morgan fingerprint density at radius 2 is 2.11 bits per heavy atom. The first-order valence-corrected chi connectivity index (χ1v) is 13.8. The van der Waals surface area contributed by atoms with Crippen molar-refractivity contribution in [3.05, 3.63) is 0 Å². The minimum Gasteiger partial charge on any atom is -0.383 e. The molecule has 1 atom stereocenters. The van der Waals surface area contributed by atoms with Gasteiger partial charge in [0.25, 0.3) is 0 Å². The smallest absolute Gasteiger partial charge is 0.0465 e. The second-order valence-electron chi connectivity index (χ2n) is 3.15. The van der Waals surface area contributed by atoms with Crippen molar-refractivity contribution in [2.75, 3.05) is 6.61 Å². The van der Waals surface area contributed by atoms with Gasteiger partial charge in [0, 0.05) is 20.2 Å². The third kappa shape index (κ3) is 2.37. The van der Waals surface area contributed by atoms with E-state index in [2.05, 4.69) is 0 Å². The standard InChI is InChI=1S/C5H16OSi3/c7-9(8)5-3-1-2-4-6-5/h5,9H,1-4H2,7-8H3. The van der Waals surface area contributed by atoms with Gasteiger partial charge in [-0.15, -0.1) is 0 Å². The molecule has 1 saturated heterocycles. The van der Waals surface area contributed by atoms with Crippen molar-refractivity contribution in [2.45, 2.75) is 25.0 Å². The lowest BCUT2D eigenvalue weighted by molar-refractivity contribution is 0.0656. The summed E-state index contributed by atoms with van der Waals surface area (Å²) in [5.41, 5.74) is 0.817. The fourth-order valence-electron chi connectivity index (χ4n) is 1.29. The third-order valence-electron chi connectivity index (χ3n) is 1.96. The zero-order valence-corrected chi connectivity index (χ0v) is 11.5. The topological polar surface area (TPSA) is 9.23 Å². The van der Waals surface area contributed by atoms with Gasteiger partial charge in [-0.05, 0) is 38.8 Å². The first-order chi connectivity index (χ1) is 4.30. The summed E-state index contributed by atoms with van der Waals surface area (Å²) >= 11 is 0. The lowest BCUT2D eigenvalue weighted by Crippen LogP contribution is -2.37. The monoisotopic (exact) mass is 176 g/mol. The average Bonchev–Trinajstić information content (AvgIpc) is 1.90. The summed E-state index contributed by atoms with van der Waals surface area (Å²) in [4.78, 5) is 0. The number of ether oxygens (including phenoxy) is 1. The SMILES string of the molecule is [SiH3][SiH]([SiH3])C1CCCCO1. The van der Waals surface area contributed by atoms with Crippen molar-refractivity contribution in [1.82, 2.24) is 0 Å². The summed E-state index contributed by atoms with van der Waals surface area (Å²) < 4.78 is 5.67. The molecule has 1 nitrogen and oxygen atoms in total. The van der Waals surface area contributed by atoms with Crippen molar-refractivity contribution in [3.63, 3.8) is 0 Å². The molecule has 0 N–H and O–H groups in total. The van der Waals surface area contributed by atoms with Crippen LogP contribution in [0.1, 0.15) is 19.3 Å². The van der Waals surface area contributed by atoms with Crippen LogP contribution in [0.3, 0.4) is 0 Å². The van der Waals surface area contributed by atoms with Crippen molar-refractivity contribution < 1.29 is 4.74 Å². The van der Waals surface area contributed by atoms with E-state index >= 15 is 0 Å². The zero-order chi connectivity index (χ0) is 6.69. The van der Waals surface area contributed by atoms with E-state index in [9.17, 15) is 0 Å². The van der Waals surface area contributed by atoms with Gasteiger partial charge in [-0.3, -0.25) is 0 Å². The van der Waals surface area contributed by atoms with Crippen molar-refractivity contribution in [1.29, 1.82) is 0 Å². The van der Waals surface area contributed by atoms with Crippen LogP contribution in [0.15, 0.2) is 0 Å². The van der Waals surface area contributed by atoms with Gasteiger partial charge in [-0.25, -0.2) is 0 Å². The Morgan fingerprint density at radius 1 is 1.33 bits per heavy atom. The Labute approximate surface area is 64.2 Å². The van der Waals surface area contributed by atoms with E-state index in [4.69, 9.17) is 4.74 Å². The molecule has 1 unspecified atom stereocenters. The molecule has 0 radical (unpaired) electrons. The van der Waals surface area contributed by atoms with E-state index in [0.29, 0.717) is 0 Å². The van der Waals surface area contributed by atoms with E-state index in [1.807, 2.05) is 0 Å². The molecule has 0 saturated carbocycles. The first-order valence-electron chi connectivity index (χ1n) is 3.92. The Kier molecular flexibility index (Phi) is 3.17. The highest BCUT2D eigenvalue weighted by Gasteiger charge is 2.17. The van der Waals surface area contributed by atoms with Crippen LogP contribution >= 0.6 is 0 Å². The molecule has 0 bridgehead atoms. The van der Waals surface area contributed by atoms with Gasteiger partial charge in [0.15, 0.2) is 0 Å². The lowest BCUT2D eigenvalue weighted by Gasteiger charge is -2.24. The minimum atomic E-state index is -0.196. The van der Waals surface area contributed by atoms with Crippen LogP contribution in [0.5, 0.6) is 0 Å². The predicted octanol–water partition coefficient (Wildman–Crippen LogP) is -1.95. The molecule has 0 spiro atoms. The van der Waals surface area contributed by atoms with Crippen LogP contribution in [0.25, 0.3) is 0 Å².